The van der Waals surface area contributed by atoms with Crippen LogP contribution in [-0.4, -0.2) is 42.7 Å². The van der Waals surface area contributed by atoms with Crippen molar-refractivity contribution in [2.75, 3.05) is 26.2 Å². The number of rotatable bonds is 5. The summed E-state index contributed by atoms with van der Waals surface area (Å²) in [5, 5.41) is 0. The number of benzene rings is 1. The van der Waals surface area contributed by atoms with E-state index < -0.39 is 11.7 Å². The summed E-state index contributed by atoms with van der Waals surface area (Å²) in [5.41, 5.74) is -0.170. The fraction of sp³-hybridized carbons (Fsp3) is 0.611. The van der Waals surface area contributed by atoms with E-state index in [1.165, 1.54) is 12.1 Å². The van der Waals surface area contributed by atoms with E-state index in [2.05, 4.69) is 11.8 Å². The summed E-state index contributed by atoms with van der Waals surface area (Å²) in [5.74, 6) is -0.410. The van der Waals surface area contributed by atoms with Gasteiger partial charge in [0.05, 0.1) is 18.1 Å². The molecule has 1 aromatic carbocycles. The number of alkyl halides is 3. The predicted octanol–water partition coefficient (Wildman–Crippen LogP) is 3.25. The van der Waals surface area contributed by atoms with Crippen LogP contribution in [0.4, 0.5) is 13.2 Å². The summed E-state index contributed by atoms with van der Waals surface area (Å²) in [6.07, 6.45) is -2.88. The van der Waals surface area contributed by atoms with Crippen LogP contribution in [-0.2, 0) is 27.1 Å². The summed E-state index contributed by atoms with van der Waals surface area (Å²) in [6.45, 7) is 5.43. The quantitative estimate of drug-likeness (QED) is 0.599. The third-order valence-corrected chi connectivity index (χ3v) is 4.78. The van der Waals surface area contributed by atoms with Gasteiger partial charge < -0.3 is 14.4 Å². The van der Waals surface area contributed by atoms with Crippen molar-refractivity contribution in [1.82, 2.24) is 4.90 Å². The van der Waals surface area contributed by atoms with Gasteiger partial charge in [0, 0.05) is 6.54 Å². The largest absolute Gasteiger partial charge is 0.461 e. The average molecular weight is 357 g/mol. The third kappa shape index (κ3) is 4.95. The normalized spacial score (nSPS) is 25.0. The highest BCUT2D eigenvalue weighted by molar-refractivity contribution is 5.72. The molecular weight excluding hydrogens is 335 g/mol. The second-order valence-corrected chi connectivity index (χ2v) is 7.09. The summed E-state index contributed by atoms with van der Waals surface area (Å²) < 4.78 is 48.2. The van der Waals surface area contributed by atoms with E-state index >= 15 is 0 Å². The Kier molecular flexibility index (Phi) is 5.06. The second-order valence-electron chi connectivity index (χ2n) is 7.09. The summed E-state index contributed by atoms with van der Waals surface area (Å²) in [6, 6.07) is 4.69. The number of hydrogen-bond donors (Lipinski definition) is 0. The van der Waals surface area contributed by atoms with Gasteiger partial charge in [-0.15, -0.1) is 0 Å². The molecule has 2 saturated heterocycles. The van der Waals surface area contributed by atoms with E-state index in [0.717, 1.165) is 51.2 Å². The van der Waals surface area contributed by atoms with E-state index in [1.54, 1.807) is 0 Å². The maximum Gasteiger partial charge on any atom is 0.416 e. The van der Waals surface area contributed by atoms with Gasteiger partial charge in [-0.3, -0.25) is 4.79 Å². The molecule has 0 amide bonds. The zero-order valence-electron chi connectivity index (χ0n) is 14.1. The number of carbonyl (C=O) groups excluding carboxylic acids is 1. The fourth-order valence-corrected chi connectivity index (χ4v) is 3.08. The molecule has 0 aromatic heterocycles. The monoisotopic (exact) mass is 357 g/mol. The molecule has 2 aliphatic heterocycles. The smallest absolute Gasteiger partial charge is 0.416 e. The van der Waals surface area contributed by atoms with Crippen molar-refractivity contribution >= 4 is 5.97 Å². The van der Waals surface area contributed by atoms with Gasteiger partial charge in [-0.05, 0) is 50.6 Å². The van der Waals surface area contributed by atoms with Gasteiger partial charge in [0.15, 0.2) is 0 Å². The molecule has 0 unspecified atom stereocenters. The molecule has 3 rings (SSSR count). The Balaban J connectivity index is 1.42. The highest BCUT2D eigenvalue weighted by Crippen LogP contribution is 2.30. The number of esters is 1. The van der Waals surface area contributed by atoms with Crippen molar-refractivity contribution in [3.8, 4) is 0 Å². The van der Waals surface area contributed by atoms with Gasteiger partial charge in [0.2, 0.25) is 0 Å². The summed E-state index contributed by atoms with van der Waals surface area (Å²) >= 11 is 0. The van der Waals surface area contributed by atoms with Gasteiger partial charge in [-0.1, -0.05) is 12.1 Å². The Morgan fingerprint density at radius 1 is 1.28 bits per heavy atom. The molecule has 4 nitrogen and oxygen atoms in total. The van der Waals surface area contributed by atoms with Crippen molar-refractivity contribution < 1.29 is 27.4 Å². The molecule has 0 aliphatic carbocycles. The number of ether oxygens (including phenoxy) is 2. The Morgan fingerprint density at radius 2 is 1.88 bits per heavy atom. The molecule has 0 spiro atoms. The van der Waals surface area contributed by atoms with Crippen LogP contribution in [0.25, 0.3) is 0 Å². The molecule has 0 saturated carbocycles. The lowest BCUT2D eigenvalue weighted by molar-refractivity contribution is -0.151. The van der Waals surface area contributed by atoms with Crippen LogP contribution < -0.4 is 0 Å². The minimum Gasteiger partial charge on any atom is -0.461 e. The molecule has 1 aromatic rings. The summed E-state index contributed by atoms with van der Waals surface area (Å²) in [7, 11) is 0. The van der Waals surface area contributed by atoms with Crippen LogP contribution >= 0.6 is 0 Å². The zero-order chi connectivity index (χ0) is 18.1. The molecule has 1 atom stereocenters. The Hall–Kier alpha value is -1.60. The number of likely N-dealkylation sites (tertiary alicyclic amines) is 1. The van der Waals surface area contributed by atoms with Crippen LogP contribution in [0.1, 0.15) is 30.9 Å². The third-order valence-electron chi connectivity index (χ3n) is 4.78. The van der Waals surface area contributed by atoms with E-state index in [9.17, 15) is 18.0 Å². The van der Waals surface area contributed by atoms with Crippen LogP contribution in [0.5, 0.6) is 0 Å². The summed E-state index contributed by atoms with van der Waals surface area (Å²) in [4.78, 5) is 14.5. The standard InChI is InChI=1S/C18H22F3NO3/c1-17(12-25-17)11-22-8-6-14(7-9-22)16(23)24-10-13-2-4-15(5-3-13)18(19,20)21/h2-5,14H,6-12H2,1H3/t17-/m0/s1. The fourth-order valence-electron chi connectivity index (χ4n) is 3.08. The number of nitrogens with zero attached hydrogens (tertiary/aromatic N) is 1. The number of halogens is 3. The maximum absolute atomic E-state index is 12.5. The lowest BCUT2D eigenvalue weighted by atomic mass is 9.96. The SMILES string of the molecule is C[C@]1(CN2CCC(C(=O)OCc3ccc(C(F)(F)F)cc3)CC2)CO1. The van der Waals surface area contributed by atoms with Gasteiger partial charge in [-0.2, -0.15) is 13.2 Å². The van der Waals surface area contributed by atoms with Crippen LogP contribution in [0.2, 0.25) is 0 Å². The highest BCUT2D eigenvalue weighted by atomic mass is 19.4. The van der Waals surface area contributed by atoms with Crippen molar-refractivity contribution in [2.24, 2.45) is 5.92 Å². The first-order valence-corrected chi connectivity index (χ1v) is 8.44. The molecule has 0 N–H and O–H groups in total. The zero-order valence-corrected chi connectivity index (χ0v) is 14.1. The van der Waals surface area contributed by atoms with Crippen molar-refractivity contribution in [2.45, 2.75) is 38.1 Å². The first kappa shape index (κ1) is 18.2. The molecule has 2 aliphatic rings. The lowest BCUT2D eigenvalue weighted by Gasteiger charge is -2.31. The van der Waals surface area contributed by atoms with Crippen molar-refractivity contribution in [1.29, 1.82) is 0 Å². The van der Waals surface area contributed by atoms with E-state index in [1.807, 2.05) is 0 Å². The highest BCUT2D eigenvalue weighted by Gasteiger charge is 2.41. The maximum atomic E-state index is 12.5. The first-order chi connectivity index (χ1) is 11.8. The molecule has 2 fully saturated rings. The minimum atomic E-state index is -4.36. The molecule has 2 heterocycles. The molecule has 0 bridgehead atoms. The van der Waals surface area contributed by atoms with E-state index in [-0.39, 0.29) is 24.1 Å². The van der Waals surface area contributed by atoms with Crippen LogP contribution in [0, 0.1) is 5.92 Å². The molecule has 138 valence electrons. The van der Waals surface area contributed by atoms with Crippen molar-refractivity contribution in [3.63, 3.8) is 0 Å². The van der Waals surface area contributed by atoms with E-state index in [0.29, 0.717) is 5.56 Å². The predicted molar refractivity (Wildman–Crippen MR) is 84.8 cm³/mol. The topological polar surface area (TPSA) is 42.1 Å². The second kappa shape index (κ2) is 6.96. The number of epoxide rings is 1. The Labute approximate surface area is 144 Å². The number of piperidine rings is 1. The molecule has 25 heavy (non-hydrogen) atoms. The first-order valence-electron chi connectivity index (χ1n) is 8.44. The van der Waals surface area contributed by atoms with Gasteiger partial charge in [0.25, 0.3) is 0 Å². The van der Waals surface area contributed by atoms with E-state index in [4.69, 9.17) is 9.47 Å². The molecular formula is C18H22F3NO3. The van der Waals surface area contributed by atoms with Gasteiger partial charge in [-0.25, -0.2) is 0 Å². The Bertz CT molecular complexity index is 603. The van der Waals surface area contributed by atoms with Crippen LogP contribution in [0.3, 0.4) is 0 Å². The molecule has 0 radical (unpaired) electrons. The van der Waals surface area contributed by atoms with Gasteiger partial charge in [0.1, 0.15) is 12.2 Å². The minimum absolute atomic E-state index is 0.00307. The number of hydrogen-bond acceptors (Lipinski definition) is 4. The van der Waals surface area contributed by atoms with Crippen LogP contribution in [0.15, 0.2) is 24.3 Å². The van der Waals surface area contributed by atoms with Crippen molar-refractivity contribution in [3.05, 3.63) is 35.4 Å². The number of carbonyl (C=O) groups is 1. The molecule has 7 heteroatoms. The Morgan fingerprint density at radius 3 is 2.40 bits per heavy atom. The average Bonchev–Trinajstić information content (AvgIpc) is 3.30. The van der Waals surface area contributed by atoms with Gasteiger partial charge >= 0.3 is 12.1 Å². The lowest BCUT2D eigenvalue weighted by Crippen LogP contribution is -2.41.